The van der Waals surface area contributed by atoms with E-state index < -0.39 is 29.3 Å². The van der Waals surface area contributed by atoms with Gasteiger partial charge >= 0.3 is 12.1 Å². The average molecular weight is 210 g/mol. The van der Waals surface area contributed by atoms with Crippen LogP contribution in [0.1, 0.15) is 16.1 Å². The van der Waals surface area contributed by atoms with E-state index in [4.69, 9.17) is 5.73 Å². The van der Waals surface area contributed by atoms with Gasteiger partial charge in [0.2, 0.25) is 0 Å². The minimum atomic E-state index is -4.83. The van der Waals surface area contributed by atoms with E-state index in [2.05, 4.69) is 14.4 Å². The Hall–Kier alpha value is -1.73. The minimum Gasteiger partial charge on any atom is -0.465 e. The fraction of sp³-hybridized carbons (Fsp3) is 0.333. The van der Waals surface area contributed by atoms with Crippen molar-refractivity contribution in [3.05, 3.63) is 11.3 Å². The van der Waals surface area contributed by atoms with E-state index in [9.17, 15) is 18.0 Å². The number of nitrogen functional groups attached to an aromatic ring is 1. The maximum atomic E-state index is 12.2. The van der Waals surface area contributed by atoms with Gasteiger partial charge in [0, 0.05) is 0 Å². The number of rotatable bonds is 1. The van der Waals surface area contributed by atoms with Gasteiger partial charge < -0.3 is 15.0 Å². The Morgan fingerprint density at radius 3 is 2.57 bits per heavy atom. The molecule has 2 N–H and O–H groups in total. The van der Waals surface area contributed by atoms with Gasteiger partial charge in [0.1, 0.15) is 0 Å². The second-order valence-corrected chi connectivity index (χ2v) is 2.26. The van der Waals surface area contributed by atoms with Crippen molar-refractivity contribution in [3.8, 4) is 0 Å². The lowest BCUT2D eigenvalue weighted by atomic mass is 10.2. The predicted molar refractivity (Wildman–Crippen MR) is 37.3 cm³/mol. The summed E-state index contributed by atoms with van der Waals surface area (Å²) < 4.78 is 44.5. The largest absolute Gasteiger partial charge is 0.465 e. The number of methoxy groups -OCH3 is 1. The van der Waals surface area contributed by atoms with E-state index in [1.54, 1.807) is 0 Å². The summed E-state index contributed by atoms with van der Waals surface area (Å²) in [6, 6.07) is 0. The molecule has 1 aromatic heterocycles. The monoisotopic (exact) mass is 210 g/mol. The van der Waals surface area contributed by atoms with Gasteiger partial charge in [0.15, 0.2) is 11.4 Å². The quantitative estimate of drug-likeness (QED) is 0.701. The Morgan fingerprint density at radius 1 is 1.57 bits per heavy atom. The Morgan fingerprint density at radius 2 is 2.14 bits per heavy atom. The third-order valence-corrected chi connectivity index (χ3v) is 1.37. The van der Waals surface area contributed by atoms with Crippen molar-refractivity contribution < 1.29 is 27.2 Å². The fourth-order valence-electron chi connectivity index (χ4n) is 0.795. The van der Waals surface area contributed by atoms with Gasteiger partial charge in [-0.2, -0.15) is 13.2 Å². The summed E-state index contributed by atoms with van der Waals surface area (Å²) in [7, 11) is 0.926. The molecule has 0 aliphatic carbocycles. The van der Waals surface area contributed by atoms with Gasteiger partial charge in [-0.3, -0.25) is 0 Å². The number of anilines is 1. The molecule has 5 nitrogen and oxygen atoms in total. The maximum Gasteiger partial charge on any atom is 0.453 e. The molecule has 78 valence electrons. The molecule has 0 aliphatic rings. The molecule has 0 fully saturated rings. The molecule has 0 aromatic carbocycles. The number of hydrogen-bond donors (Lipinski definition) is 1. The van der Waals surface area contributed by atoms with Crippen molar-refractivity contribution in [2.24, 2.45) is 0 Å². The van der Waals surface area contributed by atoms with Crippen molar-refractivity contribution in [3.63, 3.8) is 0 Å². The fourth-order valence-corrected chi connectivity index (χ4v) is 0.795. The van der Waals surface area contributed by atoms with Crippen LogP contribution in [-0.4, -0.2) is 18.2 Å². The van der Waals surface area contributed by atoms with Crippen LogP contribution in [-0.2, 0) is 10.9 Å². The molecule has 1 rings (SSSR count). The van der Waals surface area contributed by atoms with Crippen LogP contribution in [0.3, 0.4) is 0 Å². The zero-order chi connectivity index (χ0) is 10.9. The van der Waals surface area contributed by atoms with Crippen molar-refractivity contribution in [2.45, 2.75) is 6.18 Å². The Balaban J connectivity index is 3.26. The molecule has 0 spiro atoms. The molecule has 1 heterocycles. The predicted octanol–water partition coefficient (Wildman–Crippen LogP) is 1.06. The summed E-state index contributed by atoms with van der Waals surface area (Å²) in [5.74, 6) is -3.44. The first kappa shape index (κ1) is 10.4. The number of ether oxygens (including phenoxy) is 1. The molecule has 0 bridgehead atoms. The molecule has 0 radical (unpaired) electrons. The second kappa shape index (κ2) is 3.20. The Kier molecular flexibility index (Phi) is 2.37. The van der Waals surface area contributed by atoms with Crippen molar-refractivity contribution >= 4 is 11.8 Å². The van der Waals surface area contributed by atoms with Gasteiger partial charge in [-0.15, -0.1) is 0 Å². The van der Waals surface area contributed by atoms with Gasteiger partial charge in [0.25, 0.3) is 5.76 Å². The summed E-state index contributed by atoms with van der Waals surface area (Å²) in [4.78, 5) is 10.9. The lowest BCUT2D eigenvalue weighted by Gasteiger charge is -2.02. The number of nitrogens with two attached hydrogens (primary N) is 1. The highest BCUT2D eigenvalue weighted by Gasteiger charge is 2.42. The Labute approximate surface area is 75.6 Å². The van der Waals surface area contributed by atoms with E-state index in [1.807, 2.05) is 0 Å². The van der Waals surface area contributed by atoms with Gasteiger partial charge in [-0.25, -0.2) is 4.79 Å². The number of esters is 1. The first-order chi connectivity index (χ1) is 6.38. The van der Waals surface area contributed by atoms with Crippen molar-refractivity contribution in [1.82, 2.24) is 5.16 Å². The van der Waals surface area contributed by atoms with E-state index in [0.717, 1.165) is 7.11 Å². The molecule has 8 heteroatoms. The molecule has 0 saturated carbocycles. The van der Waals surface area contributed by atoms with Crippen LogP contribution in [0.4, 0.5) is 19.0 Å². The van der Waals surface area contributed by atoms with Crippen LogP contribution < -0.4 is 5.73 Å². The van der Waals surface area contributed by atoms with Crippen LogP contribution in [0.25, 0.3) is 0 Å². The van der Waals surface area contributed by atoms with Crippen molar-refractivity contribution in [2.75, 3.05) is 12.8 Å². The summed E-state index contributed by atoms with van der Waals surface area (Å²) in [5.41, 5.74) is 4.11. The van der Waals surface area contributed by atoms with Crippen LogP contribution in [0.5, 0.6) is 0 Å². The highest BCUT2D eigenvalue weighted by atomic mass is 19.4. The van der Waals surface area contributed by atoms with Crippen LogP contribution in [0.15, 0.2) is 4.52 Å². The lowest BCUT2D eigenvalue weighted by Crippen LogP contribution is -2.13. The number of halogens is 3. The van der Waals surface area contributed by atoms with E-state index in [1.165, 1.54) is 0 Å². The Bertz CT molecular complexity index is 358. The molecule has 14 heavy (non-hydrogen) atoms. The van der Waals surface area contributed by atoms with Crippen LogP contribution in [0.2, 0.25) is 0 Å². The molecule has 1 aromatic rings. The molecular weight excluding hydrogens is 205 g/mol. The molecule has 0 unspecified atom stereocenters. The van der Waals surface area contributed by atoms with E-state index in [0.29, 0.717) is 0 Å². The van der Waals surface area contributed by atoms with Crippen LogP contribution >= 0.6 is 0 Å². The average Bonchev–Trinajstić information content (AvgIpc) is 2.45. The summed E-state index contributed by atoms with van der Waals surface area (Å²) >= 11 is 0. The minimum absolute atomic E-state index is 0.649. The zero-order valence-electron chi connectivity index (χ0n) is 6.88. The van der Waals surface area contributed by atoms with Gasteiger partial charge in [-0.1, -0.05) is 5.16 Å². The zero-order valence-corrected chi connectivity index (χ0v) is 6.88. The number of alkyl halides is 3. The maximum absolute atomic E-state index is 12.2. The van der Waals surface area contributed by atoms with E-state index in [-0.39, 0.29) is 0 Å². The first-order valence-corrected chi connectivity index (χ1v) is 3.28. The number of hydrogen-bond acceptors (Lipinski definition) is 5. The third kappa shape index (κ3) is 1.63. The topological polar surface area (TPSA) is 78.4 Å². The number of carbonyl (C=O) groups is 1. The summed E-state index contributed by atoms with van der Waals surface area (Å²) in [6.07, 6.45) is -4.83. The molecular formula is C6H5F3N2O3. The summed E-state index contributed by atoms with van der Waals surface area (Å²) in [6.45, 7) is 0. The molecule has 0 aliphatic heterocycles. The third-order valence-electron chi connectivity index (χ3n) is 1.37. The highest BCUT2D eigenvalue weighted by molar-refractivity contribution is 5.95. The van der Waals surface area contributed by atoms with Crippen molar-refractivity contribution in [1.29, 1.82) is 0 Å². The van der Waals surface area contributed by atoms with Gasteiger partial charge in [-0.05, 0) is 0 Å². The SMILES string of the molecule is COC(=O)c1c(N)noc1C(F)(F)F. The molecule has 0 amide bonds. The highest BCUT2D eigenvalue weighted by Crippen LogP contribution is 2.34. The normalized spacial score (nSPS) is 11.4. The summed E-state index contributed by atoms with van der Waals surface area (Å²) in [5, 5.41) is 2.83. The molecule has 0 atom stereocenters. The van der Waals surface area contributed by atoms with Gasteiger partial charge in [0.05, 0.1) is 7.11 Å². The first-order valence-electron chi connectivity index (χ1n) is 3.28. The smallest absolute Gasteiger partial charge is 0.453 e. The number of aromatic nitrogens is 1. The van der Waals surface area contributed by atoms with Crippen LogP contribution in [0, 0.1) is 0 Å². The lowest BCUT2D eigenvalue weighted by molar-refractivity contribution is -0.156. The standard InChI is InChI=1S/C6H5F3N2O3/c1-13-5(12)2-3(6(7,8)9)14-11-4(2)10/h1H3,(H2,10,11). The molecule has 0 saturated heterocycles. The number of nitrogens with zero attached hydrogens (tertiary/aromatic N) is 1. The second-order valence-electron chi connectivity index (χ2n) is 2.26. The number of carbonyl (C=O) groups excluding carboxylic acids is 1. The van der Waals surface area contributed by atoms with E-state index >= 15 is 0 Å².